The van der Waals surface area contributed by atoms with E-state index in [1.54, 1.807) is 7.11 Å². The van der Waals surface area contributed by atoms with Crippen LogP contribution in [0.4, 0.5) is 0 Å². The lowest BCUT2D eigenvalue weighted by Gasteiger charge is -2.40. The lowest BCUT2D eigenvalue weighted by molar-refractivity contribution is -0.148. The fourth-order valence-electron chi connectivity index (χ4n) is 6.55. The van der Waals surface area contributed by atoms with E-state index < -0.39 is 0 Å². The van der Waals surface area contributed by atoms with Gasteiger partial charge >= 0.3 is 5.97 Å². The number of rotatable bonds is 5. The highest BCUT2D eigenvalue weighted by Gasteiger charge is 2.61. The van der Waals surface area contributed by atoms with Crippen molar-refractivity contribution in [3.8, 4) is 0 Å². The average molecular weight is 304 g/mol. The quantitative estimate of drug-likeness (QED) is 0.443. The van der Waals surface area contributed by atoms with Crippen LogP contribution in [0.5, 0.6) is 0 Å². The summed E-state index contributed by atoms with van der Waals surface area (Å²) >= 11 is 0. The molecule has 3 heteroatoms. The molecule has 0 aromatic rings. The van der Waals surface area contributed by atoms with Gasteiger partial charge in [0, 0.05) is 7.11 Å². The summed E-state index contributed by atoms with van der Waals surface area (Å²) in [6, 6.07) is 0. The first-order chi connectivity index (χ1) is 10.5. The minimum atomic E-state index is -0.370. The first-order valence-corrected chi connectivity index (χ1v) is 8.85. The van der Waals surface area contributed by atoms with Crippen LogP contribution in [-0.4, -0.2) is 25.8 Å². The molecular weight excluding hydrogens is 276 g/mol. The summed E-state index contributed by atoms with van der Waals surface area (Å²) < 4.78 is 10.6. The molecule has 0 heterocycles. The molecule has 122 valence electrons. The predicted molar refractivity (Wildman–Crippen MR) is 84.1 cm³/mol. The Labute approximate surface area is 133 Å². The fourth-order valence-corrected chi connectivity index (χ4v) is 6.55. The molecule has 0 aromatic carbocycles. The molecule has 4 aliphatic carbocycles. The van der Waals surface area contributed by atoms with Crippen LogP contribution in [0.1, 0.15) is 39.0 Å². The molecule has 8 atom stereocenters. The van der Waals surface area contributed by atoms with E-state index in [1.165, 1.54) is 26.4 Å². The molecule has 4 rings (SSSR count). The van der Waals surface area contributed by atoms with E-state index >= 15 is 0 Å². The van der Waals surface area contributed by atoms with Crippen LogP contribution in [0, 0.1) is 41.4 Å². The van der Waals surface area contributed by atoms with Gasteiger partial charge in [-0.15, -0.1) is 0 Å². The smallest absolute Gasteiger partial charge is 0.308 e. The van der Waals surface area contributed by atoms with Crippen LogP contribution in [0.15, 0.2) is 12.2 Å². The van der Waals surface area contributed by atoms with Crippen LogP contribution in [0.25, 0.3) is 0 Å². The Morgan fingerprint density at radius 3 is 2.55 bits per heavy atom. The van der Waals surface area contributed by atoms with Crippen LogP contribution < -0.4 is 0 Å². The van der Waals surface area contributed by atoms with Gasteiger partial charge in [-0.3, -0.25) is 4.79 Å². The number of hydrogen-bond donors (Lipinski definition) is 0. The maximum absolute atomic E-state index is 11.7. The SMILES string of the molecule is COC(=O)CC(C)(CC1CC2CC1C1C3C=CC(C3)C21)OC. The summed E-state index contributed by atoms with van der Waals surface area (Å²) in [4.78, 5) is 11.7. The molecule has 0 spiro atoms. The lowest BCUT2D eigenvalue weighted by atomic mass is 9.67. The van der Waals surface area contributed by atoms with Gasteiger partial charge in [-0.25, -0.2) is 0 Å². The van der Waals surface area contributed by atoms with E-state index in [1.807, 2.05) is 0 Å². The number of methoxy groups -OCH3 is 2. The molecule has 3 fully saturated rings. The van der Waals surface area contributed by atoms with E-state index in [2.05, 4.69) is 19.1 Å². The molecule has 22 heavy (non-hydrogen) atoms. The molecule has 0 radical (unpaired) electrons. The number of fused-ring (bicyclic) bond motifs is 9. The van der Waals surface area contributed by atoms with E-state index in [4.69, 9.17) is 9.47 Å². The number of carbonyl (C=O) groups is 1. The van der Waals surface area contributed by atoms with Crippen LogP contribution in [0.3, 0.4) is 0 Å². The lowest BCUT2D eigenvalue weighted by Crippen LogP contribution is -2.38. The van der Waals surface area contributed by atoms with Crippen molar-refractivity contribution >= 4 is 5.97 Å². The first-order valence-electron chi connectivity index (χ1n) is 8.85. The number of esters is 1. The highest BCUT2D eigenvalue weighted by molar-refractivity contribution is 5.70. The van der Waals surface area contributed by atoms with Crippen molar-refractivity contribution in [3.63, 3.8) is 0 Å². The second kappa shape index (κ2) is 5.09. The summed E-state index contributed by atoms with van der Waals surface area (Å²) in [6.07, 6.45) is 10.6. The van der Waals surface area contributed by atoms with E-state index in [0.717, 1.165) is 47.8 Å². The highest BCUT2D eigenvalue weighted by Crippen LogP contribution is 2.67. The van der Waals surface area contributed by atoms with Crippen molar-refractivity contribution in [2.75, 3.05) is 14.2 Å². The maximum Gasteiger partial charge on any atom is 0.308 e. The molecule has 8 unspecified atom stereocenters. The van der Waals surface area contributed by atoms with Gasteiger partial charge < -0.3 is 9.47 Å². The third kappa shape index (κ3) is 2.08. The van der Waals surface area contributed by atoms with Crippen LogP contribution in [0.2, 0.25) is 0 Å². The molecule has 0 aliphatic heterocycles. The fraction of sp³-hybridized carbons (Fsp3) is 0.842. The summed E-state index contributed by atoms with van der Waals surface area (Å²) in [6.45, 7) is 2.08. The molecule has 4 bridgehead atoms. The minimum absolute atomic E-state index is 0.159. The largest absolute Gasteiger partial charge is 0.469 e. The molecule has 3 nitrogen and oxygen atoms in total. The first kappa shape index (κ1) is 14.7. The van der Waals surface area contributed by atoms with E-state index in [9.17, 15) is 4.79 Å². The topological polar surface area (TPSA) is 35.5 Å². The van der Waals surface area contributed by atoms with Crippen molar-refractivity contribution in [1.82, 2.24) is 0 Å². The summed E-state index contributed by atoms with van der Waals surface area (Å²) in [5.74, 6) is 6.00. The highest BCUT2D eigenvalue weighted by atomic mass is 16.5. The van der Waals surface area contributed by atoms with Crippen LogP contribution in [-0.2, 0) is 14.3 Å². The van der Waals surface area contributed by atoms with Crippen molar-refractivity contribution < 1.29 is 14.3 Å². The molecule has 4 aliphatic rings. The van der Waals surface area contributed by atoms with Gasteiger partial charge in [0.25, 0.3) is 0 Å². The van der Waals surface area contributed by atoms with Gasteiger partial charge in [-0.1, -0.05) is 12.2 Å². The van der Waals surface area contributed by atoms with E-state index in [0.29, 0.717) is 6.42 Å². The summed E-state index contributed by atoms with van der Waals surface area (Å²) in [7, 11) is 3.20. The number of hydrogen-bond acceptors (Lipinski definition) is 3. The van der Waals surface area contributed by atoms with Crippen molar-refractivity contribution in [3.05, 3.63) is 12.2 Å². The maximum atomic E-state index is 11.7. The van der Waals surface area contributed by atoms with Crippen molar-refractivity contribution in [1.29, 1.82) is 0 Å². The standard InChI is InChI=1S/C19H28O3/c1-19(22-3,10-16(20)21-2)9-14-7-13-8-15(14)18-12-5-4-11(6-12)17(13)18/h4-5,11-15,17-18H,6-10H2,1-3H3. The second-order valence-corrected chi connectivity index (χ2v) is 8.37. The summed E-state index contributed by atoms with van der Waals surface area (Å²) in [5, 5.41) is 0. The van der Waals surface area contributed by atoms with Gasteiger partial charge in [0.05, 0.1) is 19.1 Å². The predicted octanol–water partition coefficient (Wildman–Crippen LogP) is 3.44. The van der Waals surface area contributed by atoms with Gasteiger partial charge in [-0.05, 0) is 74.0 Å². The molecule has 0 aromatic heterocycles. The molecule has 0 N–H and O–H groups in total. The van der Waals surface area contributed by atoms with Crippen molar-refractivity contribution in [2.45, 2.75) is 44.6 Å². The van der Waals surface area contributed by atoms with Crippen molar-refractivity contribution in [2.24, 2.45) is 41.4 Å². The Bertz CT molecular complexity index is 499. The Kier molecular flexibility index (Phi) is 3.41. The third-order valence-corrected chi connectivity index (χ3v) is 7.34. The Hall–Kier alpha value is -0.830. The zero-order chi connectivity index (χ0) is 15.5. The minimum Gasteiger partial charge on any atom is -0.469 e. The Balaban J connectivity index is 1.47. The number of allylic oxidation sites excluding steroid dienone is 2. The van der Waals surface area contributed by atoms with Gasteiger partial charge in [0.1, 0.15) is 0 Å². The second-order valence-electron chi connectivity index (χ2n) is 8.37. The Morgan fingerprint density at radius 2 is 1.86 bits per heavy atom. The Morgan fingerprint density at radius 1 is 1.14 bits per heavy atom. The normalized spacial score (nSPS) is 46.8. The third-order valence-electron chi connectivity index (χ3n) is 7.34. The zero-order valence-electron chi connectivity index (χ0n) is 14.0. The van der Waals surface area contributed by atoms with E-state index in [-0.39, 0.29) is 11.6 Å². The molecule has 3 saturated carbocycles. The monoisotopic (exact) mass is 304 g/mol. The molecule has 0 amide bonds. The molecular formula is C19H28O3. The number of carbonyl (C=O) groups excluding carboxylic acids is 1. The molecule has 0 saturated heterocycles. The average Bonchev–Trinajstić information content (AvgIpc) is 3.25. The zero-order valence-corrected chi connectivity index (χ0v) is 14.0. The van der Waals surface area contributed by atoms with Crippen LogP contribution >= 0.6 is 0 Å². The van der Waals surface area contributed by atoms with Gasteiger partial charge in [0.2, 0.25) is 0 Å². The van der Waals surface area contributed by atoms with Gasteiger partial charge in [0.15, 0.2) is 0 Å². The van der Waals surface area contributed by atoms with Gasteiger partial charge in [-0.2, -0.15) is 0 Å². The summed E-state index contributed by atoms with van der Waals surface area (Å²) in [5.41, 5.74) is -0.370. The number of ether oxygens (including phenoxy) is 2.